The van der Waals surface area contributed by atoms with Gasteiger partial charge in [0, 0.05) is 48.7 Å². The summed E-state index contributed by atoms with van der Waals surface area (Å²) in [5, 5.41) is 5.39. The molecule has 1 aliphatic rings. The molecule has 0 spiro atoms. The standard InChI is InChI=1S/C18H19F4N5O/c1-9-13(20)3-15(27-9)18(28)26-5-10-2-14(23-8-12(10)17(21)22)11-6-24-16(4-19)25-7-11/h2,6-9,13,15,17,27H,3-5H2,1H3,(H,26,28)/t9-,13+,15-/m0/s1. The molecular weight excluding hydrogens is 378 g/mol. The fourth-order valence-electron chi connectivity index (χ4n) is 2.98. The molecule has 28 heavy (non-hydrogen) atoms. The van der Waals surface area contributed by atoms with Gasteiger partial charge in [0.1, 0.15) is 12.8 Å². The average Bonchev–Trinajstić information content (AvgIpc) is 3.04. The number of hydrogen-bond donors (Lipinski definition) is 2. The molecule has 2 N–H and O–H groups in total. The van der Waals surface area contributed by atoms with Crippen LogP contribution in [0.25, 0.3) is 11.3 Å². The first-order chi connectivity index (χ1) is 13.4. The van der Waals surface area contributed by atoms with Gasteiger partial charge in [-0.25, -0.2) is 27.5 Å². The van der Waals surface area contributed by atoms with E-state index in [9.17, 15) is 22.4 Å². The van der Waals surface area contributed by atoms with Crippen LogP contribution >= 0.6 is 0 Å². The highest BCUT2D eigenvalue weighted by Crippen LogP contribution is 2.26. The number of carbonyl (C=O) groups excluding carboxylic acids is 1. The largest absolute Gasteiger partial charge is 0.351 e. The smallest absolute Gasteiger partial charge is 0.265 e. The number of halogens is 4. The van der Waals surface area contributed by atoms with Gasteiger partial charge in [-0.05, 0) is 18.6 Å². The van der Waals surface area contributed by atoms with Gasteiger partial charge in [0.05, 0.1) is 11.7 Å². The van der Waals surface area contributed by atoms with Gasteiger partial charge in [-0.3, -0.25) is 9.78 Å². The van der Waals surface area contributed by atoms with E-state index in [0.29, 0.717) is 11.3 Å². The summed E-state index contributed by atoms with van der Waals surface area (Å²) in [4.78, 5) is 23.8. The molecule has 0 aliphatic carbocycles. The predicted molar refractivity (Wildman–Crippen MR) is 92.8 cm³/mol. The summed E-state index contributed by atoms with van der Waals surface area (Å²) in [6.07, 6.45) is -0.155. The van der Waals surface area contributed by atoms with Crippen molar-refractivity contribution >= 4 is 5.91 Å². The third kappa shape index (κ3) is 4.44. The van der Waals surface area contributed by atoms with Gasteiger partial charge in [0.2, 0.25) is 5.91 Å². The maximum Gasteiger partial charge on any atom is 0.265 e. The third-order valence-corrected chi connectivity index (χ3v) is 4.62. The van der Waals surface area contributed by atoms with Gasteiger partial charge in [0.15, 0.2) is 5.82 Å². The number of nitrogens with one attached hydrogen (secondary N) is 2. The highest BCUT2D eigenvalue weighted by Gasteiger charge is 2.34. The van der Waals surface area contributed by atoms with Crippen LogP contribution in [-0.4, -0.2) is 39.1 Å². The Bertz CT molecular complexity index is 823. The minimum atomic E-state index is -2.78. The quantitative estimate of drug-likeness (QED) is 0.733. The fourth-order valence-corrected chi connectivity index (χ4v) is 2.98. The predicted octanol–water partition coefficient (Wildman–Crippen LogP) is 2.65. The Hall–Kier alpha value is -2.62. The minimum absolute atomic E-state index is 0.00453. The molecule has 1 saturated heterocycles. The molecular formula is C18H19F4N5O. The lowest BCUT2D eigenvalue weighted by atomic mass is 10.1. The van der Waals surface area contributed by atoms with Crippen molar-refractivity contribution in [2.24, 2.45) is 0 Å². The van der Waals surface area contributed by atoms with Crippen LogP contribution in [-0.2, 0) is 18.0 Å². The first-order valence-electron chi connectivity index (χ1n) is 8.71. The van der Waals surface area contributed by atoms with Crippen molar-refractivity contribution in [3.05, 3.63) is 41.6 Å². The Labute approximate surface area is 158 Å². The van der Waals surface area contributed by atoms with Gasteiger partial charge >= 0.3 is 0 Å². The van der Waals surface area contributed by atoms with Gasteiger partial charge < -0.3 is 10.6 Å². The second-order valence-corrected chi connectivity index (χ2v) is 6.57. The number of alkyl halides is 4. The van der Waals surface area contributed by atoms with Crippen LogP contribution in [0.2, 0.25) is 0 Å². The average molecular weight is 397 g/mol. The lowest BCUT2D eigenvalue weighted by Crippen LogP contribution is -2.42. The molecule has 150 valence electrons. The Morgan fingerprint density at radius 2 is 2.00 bits per heavy atom. The number of pyridine rings is 1. The van der Waals surface area contributed by atoms with E-state index in [2.05, 4.69) is 25.6 Å². The molecule has 1 amide bonds. The molecule has 0 bridgehead atoms. The van der Waals surface area contributed by atoms with Crippen molar-refractivity contribution in [1.29, 1.82) is 0 Å². The lowest BCUT2D eigenvalue weighted by Gasteiger charge is -2.14. The van der Waals surface area contributed by atoms with Gasteiger partial charge in [0.25, 0.3) is 6.43 Å². The van der Waals surface area contributed by atoms with Gasteiger partial charge in [-0.15, -0.1) is 0 Å². The normalized spacial score (nSPS) is 21.9. The number of hydrogen-bond acceptors (Lipinski definition) is 5. The van der Waals surface area contributed by atoms with Gasteiger partial charge in [-0.1, -0.05) is 0 Å². The van der Waals surface area contributed by atoms with E-state index in [1.807, 2.05) is 0 Å². The summed E-state index contributed by atoms with van der Waals surface area (Å²) in [7, 11) is 0. The van der Waals surface area contributed by atoms with Crippen LogP contribution < -0.4 is 10.6 Å². The van der Waals surface area contributed by atoms with Crippen molar-refractivity contribution in [1.82, 2.24) is 25.6 Å². The Morgan fingerprint density at radius 3 is 2.57 bits per heavy atom. The Kier molecular flexibility index (Phi) is 6.18. The maximum atomic E-state index is 13.6. The number of aromatic nitrogens is 3. The molecule has 10 heteroatoms. The Balaban J connectivity index is 1.77. The van der Waals surface area contributed by atoms with Gasteiger partial charge in [-0.2, -0.15) is 0 Å². The van der Waals surface area contributed by atoms with E-state index >= 15 is 0 Å². The molecule has 2 aromatic rings. The van der Waals surface area contributed by atoms with E-state index < -0.39 is 37.3 Å². The van der Waals surface area contributed by atoms with Crippen molar-refractivity contribution in [3.63, 3.8) is 0 Å². The van der Waals surface area contributed by atoms with Crippen molar-refractivity contribution in [3.8, 4) is 11.3 Å². The summed E-state index contributed by atoms with van der Waals surface area (Å²) in [6.45, 7) is 0.655. The van der Waals surface area contributed by atoms with Crippen LogP contribution in [0.5, 0.6) is 0 Å². The van der Waals surface area contributed by atoms with Crippen molar-refractivity contribution in [2.45, 2.75) is 51.2 Å². The molecule has 3 heterocycles. The molecule has 2 aromatic heterocycles. The molecule has 6 nitrogen and oxygen atoms in total. The topological polar surface area (TPSA) is 79.8 Å². The summed E-state index contributed by atoms with van der Waals surface area (Å²) >= 11 is 0. The highest BCUT2D eigenvalue weighted by atomic mass is 19.3. The first-order valence-corrected chi connectivity index (χ1v) is 8.71. The summed E-state index contributed by atoms with van der Waals surface area (Å²) < 4.78 is 52.7. The summed E-state index contributed by atoms with van der Waals surface area (Å²) in [5.41, 5.74) is 0.597. The second kappa shape index (κ2) is 8.59. The molecule has 3 atom stereocenters. The summed E-state index contributed by atoms with van der Waals surface area (Å²) in [5.74, 6) is -0.453. The van der Waals surface area contributed by atoms with Crippen LogP contribution in [0.3, 0.4) is 0 Å². The minimum Gasteiger partial charge on any atom is -0.351 e. The lowest BCUT2D eigenvalue weighted by molar-refractivity contribution is -0.123. The zero-order valence-corrected chi connectivity index (χ0v) is 15.0. The van der Waals surface area contributed by atoms with E-state index in [1.54, 1.807) is 6.92 Å². The maximum absolute atomic E-state index is 13.6. The molecule has 0 unspecified atom stereocenters. The van der Waals surface area contributed by atoms with E-state index in [1.165, 1.54) is 18.5 Å². The fraction of sp³-hybridized carbons (Fsp3) is 0.444. The van der Waals surface area contributed by atoms with Crippen molar-refractivity contribution in [2.75, 3.05) is 0 Å². The van der Waals surface area contributed by atoms with Crippen LogP contribution in [0.1, 0.15) is 36.7 Å². The molecule has 1 fully saturated rings. The molecule has 0 radical (unpaired) electrons. The number of carbonyl (C=O) groups is 1. The molecule has 3 rings (SSSR count). The number of nitrogens with zero attached hydrogens (tertiary/aromatic N) is 3. The number of rotatable bonds is 6. The van der Waals surface area contributed by atoms with E-state index in [4.69, 9.17) is 0 Å². The summed E-state index contributed by atoms with van der Waals surface area (Å²) in [6, 6.07) is 0.258. The molecule has 0 saturated carbocycles. The Morgan fingerprint density at radius 1 is 1.29 bits per heavy atom. The third-order valence-electron chi connectivity index (χ3n) is 4.62. The monoisotopic (exact) mass is 397 g/mol. The SMILES string of the molecule is C[C@@H]1N[C@H](C(=O)NCc2cc(-c3cnc(CF)nc3)ncc2C(F)F)C[C@H]1F. The van der Waals surface area contributed by atoms with Crippen LogP contribution in [0, 0.1) is 0 Å². The molecule has 1 aliphatic heterocycles. The zero-order valence-electron chi connectivity index (χ0n) is 15.0. The van der Waals surface area contributed by atoms with Crippen LogP contribution in [0.4, 0.5) is 17.6 Å². The second-order valence-electron chi connectivity index (χ2n) is 6.57. The molecule has 0 aromatic carbocycles. The highest BCUT2D eigenvalue weighted by molar-refractivity contribution is 5.82. The number of amides is 1. The van der Waals surface area contributed by atoms with E-state index in [-0.39, 0.29) is 29.9 Å². The van der Waals surface area contributed by atoms with Crippen LogP contribution in [0.15, 0.2) is 24.7 Å². The van der Waals surface area contributed by atoms with E-state index in [0.717, 1.165) is 6.20 Å². The first kappa shape index (κ1) is 20.1. The van der Waals surface area contributed by atoms with Crippen molar-refractivity contribution < 1.29 is 22.4 Å². The zero-order chi connectivity index (χ0) is 20.3.